The number of sulfonamides is 1. The van der Waals surface area contributed by atoms with E-state index in [-0.39, 0.29) is 62.0 Å². The van der Waals surface area contributed by atoms with Gasteiger partial charge in [-0.15, -0.1) is 11.3 Å². The molecule has 3 aliphatic heterocycles. The van der Waals surface area contributed by atoms with Crippen LogP contribution in [-0.4, -0.2) is 130 Å². The highest BCUT2D eigenvalue weighted by Crippen LogP contribution is 2.36. The van der Waals surface area contributed by atoms with Crippen LogP contribution in [0.25, 0.3) is 0 Å². The predicted molar refractivity (Wildman–Crippen MR) is 235 cm³/mol. The van der Waals surface area contributed by atoms with Crippen LogP contribution < -0.4 is 19.5 Å². The van der Waals surface area contributed by atoms with E-state index in [0.717, 1.165) is 16.4 Å². The van der Waals surface area contributed by atoms with E-state index >= 15 is 0 Å². The number of likely N-dealkylation sites (N-methyl/N-ethyl adjacent to an activating group) is 1. The summed E-state index contributed by atoms with van der Waals surface area (Å²) in [5, 5.41) is 5.75. The molecule has 2 aromatic carbocycles. The summed E-state index contributed by atoms with van der Waals surface area (Å²) in [6.07, 6.45) is -0.271. The third kappa shape index (κ3) is 13.4. The monoisotopic (exact) mass is 937 g/mol. The minimum Gasteiger partial charge on any atom is -0.487 e. The number of nitrogens with zero attached hydrogens (tertiary/aromatic N) is 4. The summed E-state index contributed by atoms with van der Waals surface area (Å²) < 4.78 is 75.9. The summed E-state index contributed by atoms with van der Waals surface area (Å²) in [7, 11) is -2.55. The van der Waals surface area contributed by atoms with Gasteiger partial charge in [-0.25, -0.2) is 23.0 Å². The Morgan fingerprint density at radius 1 is 0.985 bits per heavy atom. The molecule has 0 radical (unpaired) electrons. The topological polar surface area (TPSA) is 203 Å². The molecule has 5 heterocycles. The maximum absolute atomic E-state index is 14.5. The predicted octanol–water partition coefficient (Wildman–Crippen LogP) is 4.53. The molecule has 0 aliphatic carbocycles. The van der Waals surface area contributed by atoms with Gasteiger partial charge >= 0.3 is 18.0 Å². The summed E-state index contributed by atoms with van der Waals surface area (Å²) in [4.78, 5) is 51.0. The van der Waals surface area contributed by atoms with Gasteiger partial charge in [-0.3, -0.25) is 14.7 Å². The van der Waals surface area contributed by atoms with Crippen molar-refractivity contribution in [3.8, 4) is 17.2 Å². The van der Waals surface area contributed by atoms with Gasteiger partial charge in [-0.1, -0.05) is 32.0 Å². The average Bonchev–Trinajstić information content (AvgIpc) is 4.11. The number of ether oxygens (including phenoxy) is 8. The molecule has 1 N–H and O–H groups in total. The Kier molecular flexibility index (Phi) is 16.3. The number of esters is 2. The van der Waals surface area contributed by atoms with Crippen molar-refractivity contribution in [2.45, 2.75) is 76.1 Å². The molecule has 5 atom stereocenters. The number of aryl methyl sites for hydroxylation is 1. The number of carbonyl (C=O) groups excluding carboxylic acids is 3. The van der Waals surface area contributed by atoms with E-state index in [4.69, 9.17) is 37.9 Å². The number of alkyl carbamates (subject to hydrolysis) is 1. The molecule has 3 aliphatic rings. The Bertz CT molecular complexity index is 2330. The van der Waals surface area contributed by atoms with Crippen molar-refractivity contribution in [3.05, 3.63) is 94.2 Å². The van der Waals surface area contributed by atoms with Crippen LogP contribution in [0.3, 0.4) is 0 Å². The maximum Gasteiger partial charge on any atom is 0.407 e. The minimum atomic E-state index is -4.29. The maximum atomic E-state index is 14.5. The van der Waals surface area contributed by atoms with Gasteiger partial charge in [0.15, 0.2) is 24.4 Å². The molecular formula is C45H55N5O13S2. The molecule has 0 spiro atoms. The summed E-state index contributed by atoms with van der Waals surface area (Å²) in [6, 6.07) is 16.0. The Hall–Kier alpha value is -5.38. The van der Waals surface area contributed by atoms with Gasteiger partial charge in [0, 0.05) is 42.8 Å². The zero-order valence-electron chi connectivity index (χ0n) is 36.8. The average molecular weight is 938 g/mol. The third-order valence-corrected chi connectivity index (χ3v) is 13.5. The zero-order valence-corrected chi connectivity index (χ0v) is 38.4. The minimum absolute atomic E-state index is 0.00877. The van der Waals surface area contributed by atoms with Crippen molar-refractivity contribution >= 4 is 39.4 Å². The van der Waals surface area contributed by atoms with Gasteiger partial charge in [0.1, 0.15) is 24.6 Å². The molecule has 65 heavy (non-hydrogen) atoms. The largest absolute Gasteiger partial charge is 0.487 e. The van der Waals surface area contributed by atoms with Crippen LogP contribution in [0.5, 0.6) is 17.2 Å². The van der Waals surface area contributed by atoms with Gasteiger partial charge in [-0.2, -0.15) is 4.31 Å². The second-order valence-corrected chi connectivity index (χ2v) is 19.4. The first-order valence-electron chi connectivity index (χ1n) is 21.5. The molecule has 7 rings (SSSR count). The number of aromatic nitrogens is 2. The number of carbonyl (C=O) groups is 3. The second-order valence-electron chi connectivity index (χ2n) is 16.4. The van der Waals surface area contributed by atoms with Crippen LogP contribution in [0.15, 0.2) is 77.1 Å². The summed E-state index contributed by atoms with van der Waals surface area (Å²) in [6.45, 7) is 5.66. The summed E-state index contributed by atoms with van der Waals surface area (Å²) >= 11 is 1.53. The lowest BCUT2D eigenvalue weighted by molar-refractivity contribution is -0.164. The number of hydrogen-bond donors (Lipinski definition) is 1. The highest BCUT2D eigenvalue weighted by Gasteiger charge is 2.44. The second kappa shape index (κ2) is 22.2. The first-order valence-corrected chi connectivity index (χ1v) is 23.8. The molecule has 2 fully saturated rings. The van der Waals surface area contributed by atoms with Crippen LogP contribution in [-0.2, 0) is 62.7 Å². The van der Waals surface area contributed by atoms with Crippen LogP contribution >= 0.6 is 11.3 Å². The number of rotatable bonds is 22. The quantitative estimate of drug-likeness (QED) is 0.0850. The lowest BCUT2D eigenvalue weighted by Gasteiger charge is -2.33. The molecule has 350 valence electrons. The van der Waals surface area contributed by atoms with Crippen molar-refractivity contribution in [2.24, 2.45) is 11.8 Å². The van der Waals surface area contributed by atoms with Crippen molar-refractivity contribution in [1.29, 1.82) is 0 Å². The molecule has 4 aromatic rings. The van der Waals surface area contributed by atoms with Crippen LogP contribution in [0, 0.1) is 18.8 Å². The van der Waals surface area contributed by atoms with Gasteiger partial charge in [0.2, 0.25) is 16.8 Å². The normalized spacial score (nSPS) is 18.7. The number of nitrogens with one attached hydrogen (secondary N) is 1. The Morgan fingerprint density at radius 2 is 1.80 bits per heavy atom. The van der Waals surface area contributed by atoms with Crippen LogP contribution in [0.1, 0.15) is 42.2 Å². The molecule has 2 aromatic heterocycles. The fourth-order valence-corrected chi connectivity index (χ4v) is 9.83. The molecular weight excluding hydrogens is 883 g/mol. The van der Waals surface area contributed by atoms with Gasteiger partial charge < -0.3 is 43.2 Å². The fourth-order valence-electron chi connectivity index (χ4n) is 7.60. The summed E-state index contributed by atoms with van der Waals surface area (Å²) in [5.74, 6) is -0.737. The lowest BCUT2D eigenvalue weighted by atomic mass is 10.0. The number of thiazole rings is 1. The fraction of sp³-hybridized carbons (Fsp3) is 0.489. The number of fused-ring (bicyclic) bond motifs is 2. The van der Waals surface area contributed by atoms with E-state index in [2.05, 4.69) is 15.3 Å². The molecule has 20 heteroatoms. The SMILES string of the molecule is Cc1nc(COc2ccc(C[C@H](NC(=O)O[C@H]3CO[C@H]4OCC[C@H]43)[C@@H](CN(CC(C)C)S(=O)(=O)c3ccc4c(c3)OCO4)OC(=O)COC(=O)CN(C)CCc3ccccn3)cc2)cs1. The first-order chi connectivity index (χ1) is 31.3. The van der Waals surface area contributed by atoms with E-state index in [1.165, 1.54) is 33.8 Å². The van der Waals surface area contributed by atoms with Crippen molar-refractivity contribution in [2.75, 3.05) is 59.8 Å². The van der Waals surface area contributed by atoms with Crippen molar-refractivity contribution in [1.82, 2.24) is 24.5 Å². The molecule has 18 nitrogen and oxygen atoms in total. The third-order valence-electron chi connectivity index (χ3n) is 10.9. The van der Waals surface area contributed by atoms with E-state index in [9.17, 15) is 22.8 Å². The van der Waals surface area contributed by atoms with Crippen molar-refractivity contribution < 1.29 is 60.7 Å². The highest BCUT2D eigenvalue weighted by atomic mass is 32.2. The number of amides is 1. The van der Waals surface area contributed by atoms with Crippen LogP contribution in [0.4, 0.5) is 4.79 Å². The van der Waals surface area contributed by atoms with E-state index in [1.54, 1.807) is 42.4 Å². The number of pyridine rings is 1. The highest BCUT2D eigenvalue weighted by molar-refractivity contribution is 7.89. The van der Waals surface area contributed by atoms with Gasteiger partial charge in [-0.05, 0) is 74.7 Å². The lowest BCUT2D eigenvalue weighted by Crippen LogP contribution is -2.53. The first kappa shape index (κ1) is 47.6. The molecule has 0 saturated carbocycles. The number of hydrogen-bond acceptors (Lipinski definition) is 17. The van der Waals surface area contributed by atoms with E-state index in [1.807, 2.05) is 44.4 Å². The Morgan fingerprint density at radius 3 is 2.55 bits per heavy atom. The number of benzene rings is 2. The zero-order chi connectivity index (χ0) is 45.9. The van der Waals surface area contributed by atoms with Crippen molar-refractivity contribution in [3.63, 3.8) is 0 Å². The van der Waals surface area contributed by atoms with Gasteiger partial charge in [0.05, 0.1) is 53.9 Å². The molecule has 1 amide bonds. The Balaban J connectivity index is 1.13. The van der Waals surface area contributed by atoms with Gasteiger partial charge in [0.25, 0.3) is 0 Å². The summed E-state index contributed by atoms with van der Waals surface area (Å²) in [5.41, 5.74) is 2.35. The molecule has 0 unspecified atom stereocenters. The molecule has 2 saturated heterocycles. The van der Waals surface area contributed by atoms with Crippen LogP contribution in [0.2, 0.25) is 0 Å². The molecule has 0 bridgehead atoms. The smallest absolute Gasteiger partial charge is 0.407 e. The Labute approximate surface area is 382 Å². The van der Waals surface area contributed by atoms with E-state index < -0.39 is 65.7 Å². The standard InChI is InChI=1S/C45H55N5O13S2/c1-29(2)21-50(65(54,55)35-12-13-38-39(20-35)61-28-60-38)22-40(62-43(52)26-58-42(51)23-49(4)17-14-32-7-5-6-16-46-32)37(48-45(53)63-41-25-59-44-36(41)15-18-56-44)19-31-8-10-34(11-9-31)57-24-33-27-64-30(3)47-33/h5-13,16,20,27,29,36-37,40-41,44H,14-15,17-19,21-26,28H2,1-4H3,(H,48,53)/t36-,37-,40+,41-,44+/m0/s1. The van der Waals surface area contributed by atoms with E-state index in [0.29, 0.717) is 43.1 Å².